The van der Waals surface area contributed by atoms with Crippen molar-refractivity contribution in [3.8, 4) is 0 Å². The zero-order valence-corrected chi connectivity index (χ0v) is 11.3. The number of aromatic nitrogens is 2. The van der Waals surface area contributed by atoms with Gasteiger partial charge in [-0.25, -0.2) is 14.8 Å². The Morgan fingerprint density at radius 2 is 1.89 bits per heavy atom. The summed E-state index contributed by atoms with van der Waals surface area (Å²) in [5.74, 6) is -0.229. The molecule has 2 rings (SSSR count). The quantitative estimate of drug-likeness (QED) is 0.912. The Labute approximate surface area is 111 Å². The van der Waals surface area contributed by atoms with Crippen LogP contribution in [0.5, 0.6) is 0 Å². The van der Waals surface area contributed by atoms with Gasteiger partial charge < -0.3 is 10.0 Å². The Morgan fingerprint density at radius 3 is 2.42 bits per heavy atom. The molecule has 0 fully saturated rings. The van der Waals surface area contributed by atoms with Crippen LogP contribution >= 0.6 is 0 Å². The standard InChI is InChI=1S/C14H17N3O2/c1-4-12(14(18)19)17(3)13-9(2)15-10-7-5-6-8-11(10)16-13/h5-8,12H,4H2,1-3H3,(H,18,19). The topological polar surface area (TPSA) is 66.3 Å². The van der Waals surface area contributed by atoms with Gasteiger partial charge in [0.2, 0.25) is 0 Å². The summed E-state index contributed by atoms with van der Waals surface area (Å²) in [7, 11) is 1.74. The summed E-state index contributed by atoms with van der Waals surface area (Å²) in [6.45, 7) is 3.69. The molecule has 0 aliphatic carbocycles. The first kappa shape index (κ1) is 13.3. The Bertz CT molecular complexity index is 613. The van der Waals surface area contributed by atoms with E-state index in [9.17, 15) is 9.90 Å². The van der Waals surface area contributed by atoms with Crippen LogP contribution in [0.4, 0.5) is 5.82 Å². The zero-order chi connectivity index (χ0) is 14.0. The number of likely N-dealkylation sites (N-methyl/N-ethyl adjacent to an activating group) is 1. The lowest BCUT2D eigenvalue weighted by Gasteiger charge is -2.25. The molecule has 0 bridgehead atoms. The van der Waals surface area contributed by atoms with Gasteiger partial charge >= 0.3 is 5.97 Å². The summed E-state index contributed by atoms with van der Waals surface area (Å²) < 4.78 is 0. The molecule has 5 heteroatoms. The molecular formula is C14H17N3O2. The number of carboxylic acid groups (broad SMARTS) is 1. The molecule has 0 saturated carbocycles. The van der Waals surface area contributed by atoms with Crippen molar-refractivity contribution < 1.29 is 9.90 Å². The summed E-state index contributed by atoms with van der Waals surface area (Å²) in [6, 6.07) is 6.99. The van der Waals surface area contributed by atoms with Crippen molar-refractivity contribution in [2.45, 2.75) is 26.3 Å². The maximum absolute atomic E-state index is 11.2. The number of aryl methyl sites for hydroxylation is 1. The van der Waals surface area contributed by atoms with E-state index in [-0.39, 0.29) is 0 Å². The minimum atomic E-state index is -0.848. The fraction of sp³-hybridized carbons (Fsp3) is 0.357. The van der Waals surface area contributed by atoms with E-state index in [1.807, 2.05) is 38.1 Å². The molecule has 0 radical (unpaired) electrons. The largest absolute Gasteiger partial charge is 0.480 e. The molecule has 5 nitrogen and oxygen atoms in total. The number of anilines is 1. The average Bonchev–Trinajstić information content (AvgIpc) is 2.38. The van der Waals surface area contributed by atoms with Gasteiger partial charge in [0.15, 0.2) is 5.82 Å². The first-order valence-electron chi connectivity index (χ1n) is 6.23. The Morgan fingerprint density at radius 1 is 1.32 bits per heavy atom. The van der Waals surface area contributed by atoms with E-state index in [4.69, 9.17) is 0 Å². The molecule has 1 atom stereocenters. The van der Waals surface area contributed by atoms with E-state index in [0.29, 0.717) is 12.2 Å². The molecule has 0 spiro atoms. The Balaban J connectivity index is 2.49. The van der Waals surface area contributed by atoms with Gasteiger partial charge in [-0.1, -0.05) is 19.1 Å². The van der Waals surface area contributed by atoms with E-state index in [1.165, 1.54) is 0 Å². The van der Waals surface area contributed by atoms with Crippen molar-refractivity contribution in [3.05, 3.63) is 30.0 Å². The second-order valence-corrected chi connectivity index (χ2v) is 4.49. The lowest BCUT2D eigenvalue weighted by molar-refractivity contribution is -0.138. The van der Waals surface area contributed by atoms with Crippen molar-refractivity contribution in [3.63, 3.8) is 0 Å². The first-order chi connectivity index (χ1) is 9.04. The number of hydrogen-bond donors (Lipinski definition) is 1. The SMILES string of the molecule is CCC(C(=O)O)N(C)c1nc2ccccc2nc1C. The van der Waals surface area contributed by atoms with Crippen LogP contribution in [0.25, 0.3) is 11.0 Å². The van der Waals surface area contributed by atoms with E-state index in [0.717, 1.165) is 16.7 Å². The van der Waals surface area contributed by atoms with Crippen molar-refractivity contribution in [2.75, 3.05) is 11.9 Å². The normalized spacial score (nSPS) is 12.4. The third-order valence-corrected chi connectivity index (χ3v) is 3.19. The minimum absolute atomic E-state index is 0.514. The molecule has 0 amide bonds. The number of rotatable bonds is 4. The maximum atomic E-state index is 11.2. The molecule has 1 unspecified atom stereocenters. The summed E-state index contributed by atoms with van der Waals surface area (Å²) in [6.07, 6.45) is 0.514. The number of para-hydroxylation sites is 2. The monoisotopic (exact) mass is 259 g/mol. The van der Waals surface area contributed by atoms with Crippen LogP contribution in [-0.2, 0) is 4.79 Å². The van der Waals surface area contributed by atoms with Crippen molar-refractivity contribution in [2.24, 2.45) is 0 Å². The first-order valence-corrected chi connectivity index (χ1v) is 6.23. The van der Waals surface area contributed by atoms with Crippen LogP contribution in [0, 0.1) is 6.92 Å². The number of aliphatic carboxylic acids is 1. The van der Waals surface area contributed by atoms with Crippen molar-refractivity contribution in [1.29, 1.82) is 0 Å². The molecule has 2 aromatic rings. The number of benzene rings is 1. The molecule has 0 aliphatic rings. The number of carbonyl (C=O) groups is 1. The van der Waals surface area contributed by atoms with Crippen LogP contribution in [-0.4, -0.2) is 34.1 Å². The van der Waals surface area contributed by atoms with Gasteiger partial charge in [-0.2, -0.15) is 0 Å². The van der Waals surface area contributed by atoms with Gasteiger partial charge in [0.1, 0.15) is 6.04 Å². The van der Waals surface area contributed by atoms with Gasteiger partial charge in [-0.15, -0.1) is 0 Å². The Hall–Kier alpha value is -2.17. The highest BCUT2D eigenvalue weighted by atomic mass is 16.4. The van der Waals surface area contributed by atoms with Crippen molar-refractivity contribution in [1.82, 2.24) is 9.97 Å². The fourth-order valence-electron chi connectivity index (χ4n) is 2.17. The van der Waals surface area contributed by atoms with E-state index < -0.39 is 12.0 Å². The van der Waals surface area contributed by atoms with Gasteiger partial charge in [0.25, 0.3) is 0 Å². The van der Waals surface area contributed by atoms with E-state index in [2.05, 4.69) is 9.97 Å². The van der Waals surface area contributed by atoms with Crippen molar-refractivity contribution >= 4 is 22.8 Å². The third-order valence-electron chi connectivity index (χ3n) is 3.19. The van der Waals surface area contributed by atoms with Gasteiger partial charge in [-0.3, -0.25) is 0 Å². The molecule has 0 saturated heterocycles. The molecule has 1 heterocycles. The molecule has 100 valence electrons. The molecule has 19 heavy (non-hydrogen) atoms. The smallest absolute Gasteiger partial charge is 0.326 e. The second kappa shape index (κ2) is 5.22. The van der Waals surface area contributed by atoms with Crippen LogP contribution in [0.2, 0.25) is 0 Å². The van der Waals surface area contributed by atoms with Crippen LogP contribution in [0.15, 0.2) is 24.3 Å². The summed E-state index contributed by atoms with van der Waals surface area (Å²) in [5, 5.41) is 9.22. The zero-order valence-electron chi connectivity index (χ0n) is 11.3. The molecule has 1 aromatic heterocycles. The second-order valence-electron chi connectivity index (χ2n) is 4.49. The minimum Gasteiger partial charge on any atom is -0.480 e. The van der Waals surface area contributed by atoms with Crippen LogP contribution in [0.1, 0.15) is 19.0 Å². The van der Waals surface area contributed by atoms with Crippen LogP contribution < -0.4 is 4.90 Å². The molecule has 1 N–H and O–H groups in total. The number of carboxylic acids is 1. The molecular weight excluding hydrogens is 242 g/mol. The highest BCUT2D eigenvalue weighted by Gasteiger charge is 2.23. The van der Waals surface area contributed by atoms with Gasteiger partial charge in [0.05, 0.1) is 16.7 Å². The lowest BCUT2D eigenvalue weighted by Crippen LogP contribution is -2.39. The predicted octanol–water partition coefficient (Wildman–Crippen LogP) is 2.24. The average molecular weight is 259 g/mol. The summed E-state index contributed by atoms with van der Waals surface area (Å²) in [4.78, 5) is 21.9. The highest BCUT2D eigenvalue weighted by Crippen LogP contribution is 2.21. The van der Waals surface area contributed by atoms with E-state index >= 15 is 0 Å². The molecule has 0 aliphatic heterocycles. The van der Waals surface area contributed by atoms with Crippen LogP contribution in [0.3, 0.4) is 0 Å². The lowest BCUT2D eigenvalue weighted by atomic mass is 10.2. The number of nitrogens with zero attached hydrogens (tertiary/aromatic N) is 3. The Kier molecular flexibility index (Phi) is 3.64. The number of fused-ring (bicyclic) bond motifs is 1. The van der Waals surface area contributed by atoms with Gasteiger partial charge in [0, 0.05) is 7.05 Å². The molecule has 1 aromatic carbocycles. The summed E-state index contributed by atoms with van der Waals surface area (Å²) >= 11 is 0. The van der Waals surface area contributed by atoms with Gasteiger partial charge in [-0.05, 0) is 25.5 Å². The maximum Gasteiger partial charge on any atom is 0.326 e. The summed E-state index contributed by atoms with van der Waals surface area (Å²) in [5.41, 5.74) is 2.33. The highest BCUT2D eigenvalue weighted by molar-refractivity contribution is 5.80. The van der Waals surface area contributed by atoms with E-state index in [1.54, 1.807) is 11.9 Å². The predicted molar refractivity (Wildman–Crippen MR) is 74.4 cm³/mol. The number of hydrogen-bond acceptors (Lipinski definition) is 4. The fourth-order valence-corrected chi connectivity index (χ4v) is 2.17. The third kappa shape index (κ3) is 2.50.